The number of halogens is 1. The van der Waals surface area contributed by atoms with Crippen molar-refractivity contribution in [1.82, 2.24) is 15.8 Å². The van der Waals surface area contributed by atoms with Gasteiger partial charge in [-0.05, 0) is 29.4 Å². The van der Waals surface area contributed by atoms with Crippen molar-refractivity contribution in [2.75, 3.05) is 7.05 Å². The zero-order valence-corrected chi connectivity index (χ0v) is 19.2. The highest BCUT2D eigenvalue weighted by atomic mass is 127. The molecule has 0 bridgehead atoms. The molecule has 1 aliphatic rings. The molecule has 1 aliphatic carbocycles. The number of hydrogen-bond acceptors (Lipinski definition) is 3. The van der Waals surface area contributed by atoms with Crippen LogP contribution in [0.2, 0.25) is 0 Å². The summed E-state index contributed by atoms with van der Waals surface area (Å²) in [4.78, 5) is 4.32. The van der Waals surface area contributed by atoms with E-state index in [0.717, 1.165) is 23.8 Å². The Balaban J connectivity index is 0.00000261. The van der Waals surface area contributed by atoms with Crippen LogP contribution < -0.4 is 10.6 Å². The number of aromatic nitrogens is 1. The molecule has 0 spiro atoms. The lowest BCUT2D eigenvalue weighted by Crippen LogP contribution is -2.38. The SMILES string of the molecule is CN=C(NCc1cc(C(C)C)no1)NC1CC1c1ccc(C(C)C)cc1.I. The Labute approximate surface area is 179 Å². The van der Waals surface area contributed by atoms with Gasteiger partial charge in [-0.25, -0.2) is 0 Å². The van der Waals surface area contributed by atoms with Crippen LogP contribution in [0.15, 0.2) is 39.8 Å². The molecule has 1 aromatic heterocycles. The van der Waals surface area contributed by atoms with Crippen molar-refractivity contribution in [2.24, 2.45) is 4.99 Å². The summed E-state index contributed by atoms with van der Waals surface area (Å²) in [6.45, 7) is 9.25. The van der Waals surface area contributed by atoms with Gasteiger partial charge in [0.1, 0.15) is 0 Å². The van der Waals surface area contributed by atoms with E-state index < -0.39 is 0 Å². The van der Waals surface area contributed by atoms with Crippen LogP contribution in [0.4, 0.5) is 0 Å². The van der Waals surface area contributed by atoms with E-state index >= 15 is 0 Å². The standard InChI is InChI=1S/C21H30N4O.HI/c1-13(2)15-6-8-16(9-7-15)18-11-20(18)24-21(22-5)23-12-17-10-19(14(3)4)25-26-17;/h6-10,13-14,18,20H,11-12H2,1-5H3,(H2,22,23,24);1H. The number of hydrogen-bond donors (Lipinski definition) is 2. The first-order chi connectivity index (χ1) is 12.5. The quantitative estimate of drug-likeness (QED) is 0.354. The van der Waals surface area contributed by atoms with Crippen LogP contribution in [0, 0.1) is 0 Å². The van der Waals surface area contributed by atoms with Gasteiger partial charge in [0, 0.05) is 25.1 Å². The van der Waals surface area contributed by atoms with Gasteiger partial charge in [0.2, 0.25) is 0 Å². The second-order valence-corrected chi connectivity index (χ2v) is 7.71. The summed E-state index contributed by atoms with van der Waals surface area (Å²) in [5.41, 5.74) is 3.78. The second-order valence-electron chi connectivity index (χ2n) is 7.71. The average Bonchev–Trinajstić information content (AvgIpc) is 3.22. The fourth-order valence-corrected chi connectivity index (χ4v) is 3.08. The zero-order valence-electron chi connectivity index (χ0n) is 16.8. The Morgan fingerprint density at radius 2 is 1.89 bits per heavy atom. The Kier molecular flexibility index (Phi) is 7.70. The summed E-state index contributed by atoms with van der Waals surface area (Å²) >= 11 is 0. The third-order valence-corrected chi connectivity index (χ3v) is 4.97. The van der Waals surface area contributed by atoms with Crippen LogP contribution in [-0.4, -0.2) is 24.2 Å². The van der Waals surface area contributed by atoms with Gasteiger partial charge in [-0.15, -0.1) is 24.0 Å². The lowest BCUT2D eigenvalue weighted by atomic mass is 10.0. The summed E-state index contributed by atoms with van der Waals surface area (Å²) in [6, 6.07) is 11.5. The third-order valence-electron chi connectivity index (χ3n) is 4.97. The van der Waals surface area contributed by atoms with E-state index in [4.69, 9.17) is 4.52 Å². The fourth-order valence-electron chi connectivity index (χ4n) is 3.08. The van der Waals surface area contributed by atoms with Crippen LogP contribution in [0.25, 0.3) is 0 Å². The van der Waals surface area contributed by atoms with Gasteiger partial charge < -0.3 is 15.2 Å². The maximum absolute atomic E-state index is 5.37. The van der Waals surface area contributed by atoms with E-state index in [-0.39, 0.29) is 24.0 Å². The fraction of sp³-hybridized carbons (Fsp3) is 0.524. The number of rotatable bonds is 6. The Morgan fingerprint density at radius 1 is 1.19 bits per heavy atom. The number of benzene rings is 1. The molecule has 6 heteroatoms. The van der Waals surface area contributed by atoms with Crippen molar-refractivity contribution in [3.63, 3.8) is 0 Å². The molecular formula is C21H31IN4O. The van der Waals surface area contributed by atoms with Crippen molar-refractivity contribution in [1.29, 1.82) is 0 Å². The minimum Gasteiger partial charge on any atom is -0.359 e. The van der Waals surface area contributed by atoms with Gasteiger partial charge in [-0.2, -0.15) is 0 Å². The molecule has 0 aliphatic heterocycles. The molecule has 1 aromatic carbocycles. The Hall–Kier alpha value is -1.57. The summed E-state index contributed by atoms with van der Waals surface area (Å²) in [5.74, 6) is 3.14. The summed E-state index contributed by atoms with van der Waals surface area (Å²) in [7, 11) is 1.80. The molecule has 2 atom stereocenters. The van der Waals surface area contributed by atoms with Crippen molar-refractivity contribution < 1.29 is 4.52 Å². The molecule has 148 valence electrons. The van der Waals surface area contributed by atoms with Crippen molar-refractivity contribution in [3.05, 3.63) is 52.9 Å². The lowest BCUT2D eigenvalue weighted by molar-refractivity contribution is 0.372. The second kappa shape index (κ2) is 9.57. The summed E-state index contributed by atoms with van der Waals surface area (Å²) in [6.07, 6.45) is 1.14. The van der Waals surface area contributed by atoms with Crippen molar-refractivity contribution in [2.45, 2.75) is 64.5 Å². The number of aliphatic imine (C=N–C) groups is 1. The molecular weight excluding hydrogens is 451 g/mol. The largest absolute Gasteiger partial charge is 0.359 e. The first-order valence-electron chi connectivity index (χ1n) is 9.50. The molecule has 0 radical (unpaired) electrons. The van der Waals surface area contributed by atoms with Gasteiger partial charge in [-0.3, -0.25) is 4.99 Å². The minimum absolute atomic E-state index is 0. The molecule has 5 nitrogen and oxygen atoms in total. The number of guanidine groups is 1. The molecule has 1 fully saturated rings. The highest BCUT2D eigenvalue weighted by Crippen LogP contribution is 2.41. The van der Waals surface area contributed by atoms with Crippen LogP contribution in [-0.2, 0) is 6.54 Å². The van der Waals surface area contributed by atoms with Gasteiger partial charge in [-0.1, -0.05) is 57.1 Å². The van der Waals surface area contributed by atoms with Crippen LogP contribution in [0.5, 0.6) is 0 Å². The van der Waals surface area contributed by atoms with E-state index in [9.17, 15) is 0 Å². The predicted octanol–water partition coefficient (Wildman–Crippen LogP) is 4.76. The van der Waals surface area contributed by atoms with Crippen LogP contribution in [0.1, 0.15) is 74.5 Å². The molecule has 1 heterocycles. The highest BCUT2D eigenvalue weighted by molar-refractivity contribution is 14.0. The van der Waals surface area contributed by atoms with E-state index in [1.165, 1.54) is 11.1 Å². The smallest absolute Gasteiger partial charge is 0.191 e. The predicted molar refractivity (Wildman–Crippen MR) is 121 cm³/mol. The molecule has 3 rings (SSSR count). The first-order valence-corrected chi connectivity index (χ1v) is 9.50. The third kappa shape index (κ3) is 5.70. The Morgan fingerprint density at radius 3 is 2.44 bits per heavy atom. The summed E-state index contributed by atoms with van der Waals surface area (Å²) < 4.78 is 5.37. The molecule has 0 amide bonds. The monoisotopic (exact) mass is 482 g/mol. The van der Waals surface area contributed by atoms with Gasteiger partial charge in [0.25, 0.3) is 0 Å². The molecule has 2 N–H and O–H groups in total. The Bertz CT molecular complexity index is 752. The van der Waals surface area contributed by atoms with Crippen LogP contribution in [0.3, 0.4) is 0 Å². The molecule has 2 aromatic rings. The first kappa shape index (κ1) is 21.7. The lowest BCUT2D eigenvalue weighted by Gasteiger charge is -2.11. The average molecular weight is 482 g/mol. The maximum Gasteiger partial charge on any atom is 0.191 e. The number of nitrogens with zero attached hydrogens (tertiary/aromatic N) is 2. The van der Waals surface area contributed by atoms with E-state index in [1.54, 1.807) is 7.05 Å². The normalized spacial score (nSPS) is 19.1. The summed E-state index contributed by atoms with van der Waals surface area (Å²) in [5, 5.41) is 10.9. The van der Waals surface area contributed by atoms with Crippen LogP contribution >= 0.6 is 24.0 Å². The molecule has 27 heavy (non-hydrogen) atoms. The van der Waals surface area contributed by atoms with Crippen molar-refractivity contribution in [3.8, 4) is 0 Å². The molecule has 2 unspecified atom stereocenters. The van der Waals surface area contributed by atoms with E-state index in [1.807, 2.05) is 6.07 Å². The zero-order chi connectivity index (χ0) is 18.7. The highest BCUT2D eigenvalue weighted by Gasteiger charge is 2.39. The minimum atomic E-state index is 0. The van der Waals surface area contributed by atoms with Gasteiger partial charge >= 0.3 is 0 Å². The molecule has 1 saturated carbocycles. The maximum atomic E-state index is 5.37. The van der Waals surface area contributed by atoms with Gasteiger partial charge in [0.05, 0.1) is 12.2 Å². The van der Waals surface area contributed by atoms with Gasteiger partial charge in [0.15, 0.2) is 11.7 Å². The van der Waals surface area contributed by atoms with E-state index in [2.05, 4.69) is 72.7 Å². The van der Waals surface area contributed by atoms with Crippen molar-refractivity contribution >= 4 is 29.9 Å². The molecule has 0 saturated heterocycles. The van der Waals surface area contributed by atoms with E-state index in [0.29, 0.717) is 30.3 Å². The topological polar surface area (TPSA) is 62.5 Å². The number of nitrogens with one attached hydrogen (secondary N) is 2.